The van der Waals surface area contributed by atoms with Gasteiger partial charge in [0, 0.05) is 5.56 Å². The first-order valence-electron chi connectivity index (χ1n) is 7.54. The van der Waals surface area contributed by atoms with E-state index in [9.17, 15) is 14.7 Å². The minimum absolute atomic E-state index is 0.0244. The van der Waals surface area contributed by atoms with Crippen LogP contribution in [0.15, 0.2) is 47.1 Å². The molecule has 1 N–H and O–H groups in total. The SMILES string of the molecule is COc1c(C(=O)CC(=O)c2ccccc2)c(O)c(OC)c2occc12. The van der Waals surface area contributed by atoms with Crippen molar-refractivity contribution in [2.24, 2.45) is 0 Å². The first-order chi connectivity index (χ1) is 12.1. The van der Waals surface area contributed by atoms with Gasteiger partial charge in [0.1, 0.15) is 11.3 Å². The monoisotopic (exact) mass is 340 g/mol. The zero-order chi connectivity index (χ0) is 18.0. The number of hydrogen-bond acceptors (Lipinski definition) is 6. The summed E-state index contributed by atoms with van der Waals surface area (Å²) in [6.07, 6.45) is 0.999. The summed E-state index contributed by atoms with van der Waals surface area (Å²) in [5.74, 6) is -1.15. The maximum Gasteiger partial charge on any atom is 0.205 e. The van der Waals surface area contributed by atoms with Gasteiger partial charge in [-0.3, -0.25) is 9.59 Å². The number of rotatable bonds is 6. The third kappa shape index (κ3) is 2.82. The highest BCUT2D eigenvalue weighted by Crippen LogP contribution is 2.46. The standard InChI is InChI=1S/C19H16O6/c1-23-17-12-8-9-25-18(12)19(24-2)16(22)15(17)14(21)10-13(20)11-6-4-3-5-7-11/h3-9,22H,10H2,1-2H3. The van der Waals surface area contributed by atoms with E-state index in [1.165, 1.54) is 20.5 Å². The maximum absolute atomic E-state index is 12.7. The van der Waals surface area contributed by atoms with Gasteiger partial charge in [0.25, 0.3) is 0 Å². The molecule has 0 aliphatic carbocycles. The molecule has 3 rings (SSSR count). The van der Waals surface area contributed by atoms with Gasteiger partial charge >= 0.3 is 0 Å². The number of fused-ring (bicyclic) bond motifs is 1. The molecule has 0 fully saturated rings. The second kappa shape index (κ2) is 6.68. The average molecular weight is 340 g/mol. The Morgan fingerprint density at radius 2 is 1.68 bits per heavy atom. The van der Waals surface area contributed by atoms with E-state index in [2.05, 4.69) is 0 Å². The molecular formula is C19H16O6. The lowest BCUT2D eigenvalue weighted by Gasteiger charge is -2.14. The van der Waals surface area contributed by atoms with E-state index < -0.39 is 18.0 Å². The molecule has 0 atom stereocenters. The fraction of sp³-hybridized carbons (Fsp3) is 0.158. The first-order valence-corrected chi connectivity index (χ1v) is 7.54. The van der Waals surface area contributed by atoms with E-state index in [0.717, 1.165) is 0 Å². The van der Waals surface area contributed by atoms with Gasteiger partial charge in [-0.15, -0.1) is 0 Å². The number of ketones is 2. The van der Waals surface area contributed by atoms with E-state index >= 15 is 0 Å². The van der Waals surface area contributed by atoms with Gasteiger partial charge in [-0.25, -0.2) is 0 Å². The molecular weight excluding hydrogens is 324 g/mol. The Balaban J connectivity index is 2.06. The van der Waals surface area contributed by atoms with Crippen molar-refractivity contribution in [3.63, 3.8) is 0 Å². The Kier molecular flexibility index (Phi) is 4.43. The van der Waals surface area contributed by atoms with E-state index in [4.69, 9.17) is 13.9 Å². The molecule has 0 aliphatic rings. The lowest BCUT2D eigenvalue weighted by Crippen LogP contribution is -2.10. The molecule has 0 aliphatic heterocycles. The summed E-state index contributed by atoms with van der Waals surface area (Å²) in [6.45, 7) is 0. The molecule has 0 spiro atoms. The summed E-state index contributed by atoms with van der Waals surface area (Å²) in [5, 5.41) is 11.0. The molecule has 0 amide bonds. The number of furan rings is 1. The normalized spacial score (nSPS) is 10.6. The highest BCUT2D eigenvalue weighted by atomic mass is 16.5. The number of phenolic OH excluding ortho intramolecular Hbond substituents is 1. The lowest BCUT2D eigenvalue weighted by atomic mass is 9.98. The number of ether oxygens (including phenoxy) is 2. The van der Waals surface area contributed by atoms with Crippen LogP contribution in [0.25, 0.3) is 11.0 Å². The number of hydrogen-bond donors (Lipinski definition) is 1. The summed E-state index contributed by atoms with van der Waals surface area (Å²) in [6, 6.07) is 10.1. The van der Waals surface area contributed by atoms with Gasteiger partial charge in [0.15, 0.2) is 22.9 Å². The van der Waals surface area contributed by atoms with E-state index in [-0.39, 0.29) is 28.4 Å². The Bertz CT molecular complexity index is 939. The van der Waals surface area contributed by atoms with Crippen LogP contribution in [-0.4, -0.2) is 30.9 Å². The number of Topliss-reactive ketones (excluding diaryl/α,β-unsaturated/α-hetero) is 2. The fourth-order valence-corrected chi connectivity index (χ4v) is 2.75. The van der Waals surface area contributed by atoms with E-state index in [0.29, 0.717) is 10.9 Å². The van der Waals surface area contributed by atoms with Crippen LogP contribution < -0.4 is 9.47 Å². The maximum atomic E-state index is 12.7. The van der Waals surface area contributed by atoms with Crippen molar-refractivity contribution >= 4 is 22.5 Å². The predicted octanol–water partition coefficient (Wildman–Crippen LogP) is 3.61. The van der Waals surface area contributed by atoms with Crippen molar-refractivity contribution in [2.75, 3.05) is 14.2 Å². The molecule has 0 unspecified atom stereocenters. The zero-order valence-electron chi connectivity index (χ0n) is 13.7. The summed E-state index contributed by atoms with van der Waals surface area (Å²) in [7, 11) is 2.73. The first kappa shape index (κ1) is 16.6. The van der Waals surface area contributed by atoms with Crippen molar-refractivity contribution < 1.29 is 28.6 Å². The smallest absolute Gasteiger partial charge is 0.205 e. The Morgan fingerprint density at radius 1 is 1.00 bits per heavy atom. The van der Waals surface area contributed by atoms with Gasteiger partial charge in [-0.2, -0.15) is 0 Å². The summed E-state index contributed by atoms with van der Waals surface area (Å²) >= 11 is 0. The topological polar surface area (TPSA) is 86.0 Å². The molecule has 128 valence electrons. The zero-order valence-corrected chi connectivity index (χ0v) is 13.7. The molecule has 0 bridgehead atoms. The number of carbonyl (C=O) groups excluding carboxylic acids is 2. The van der Waals surface area contributed by atoms with Crippen molar-refractivity contribution in [1.29, 1.82) is 0 Å². The van der Waals surface area contributed by atoms with Crippen molar-refractivity contribution in [2.45, 2.75) is 6.42 Å². The number of benzene rings is 2. The van der Waals surface area contributed by atoms with E-state index in [1.54, 1.807) is 36.4 Å². The number of aromatic hydroxyl groups is 1. The summed E-state index contributed by atoms with van der Waals surface area (Å²) in [4.78, 5) is 25.0. The Hall–Kier alpha value is -3.28. The van der Waals surface area contributed by atoms with Crippen molar-refractivity contribution in [3.8, 4) is 17.2 Å². The van der Waals surface area contributed by atoms with Crippen LogP contribution in [-0.2, 0) is 0 Å². The van der Waals surface area contributed by atoms with Crippen LogP contribution in [0.2, 0.25) is 0 Å². The molecule has 6 nitrogen and oxygen atoms in total. The molecule has 2 aromatic carbocycles. The fourth-order valence-electron chi connectivity index (χ4n) is 2.75. The molecule has 1 aromatic heterocycles. The lowest BCUT2D eigenvalue weighted by molar-refractivity contribution is 0.0891. The van der Waals surface area contributed by atoms with Crippen LogP contribution >= 0.6 is 0 Å². The number of phenols is 1. The van der Waals surface area contributed by atoms with Crippen molar-refractivity contribution in [1.82, 2.24) is 0 Å². The average Bonchev–Trinajstić information content (AvgIpc) is 3.10. The third-order valence-corrected chi connectivity index (χ3v) is 3.90. The van der Waals surface area contributed by atoms with Gasteiger partial charge in [-0.1, -0.05) is 30.3 Å². The summed E-state index contributed by atoms with van der Waals surface area (Å²) < 4.78 is 15.8. The quantitative estimate of drug-likeness (QED) is 0.545. The second-order valence-corrected chi connectivity index (χ2v) is 5.34. The van der Waals surface area contributed by atoms with Gasteiger partial charge in [0.2, 0.25) is 5.75 Å². The molecule has 0 saturated heterocycles. The summed E-state index contributed by atoms with van der Waals surface area (Å²) in [5.41, 5.74) is 0.589. The van der Waals surface area contributed by atoms with Crippen molar-refractivity contribution in [3.05, 3.63) is 53.8 Å². The van der Waals surface area contributed by atoms with Gasteiger partial charge < -0.3 is 19.0 Å². The number of carbonyl (C=O) groups is 2. The van der Waals surface area contributed by atoms with Gasteiger partial charge in [0.05, 0.1) is 32.3 Å². The number of methoxy groups -OCH3 is 2. The third-order valence-electron chi connectivity index (χ3n) is 3.90. The molecule has 3 aromatic rings. The van der Waals surface area contributed by atoms with Crippen LogP contribution in [0.3, 0.4) is 0 Å². The van der Waals surface area contributed by atoms with Gasteiger partial charge in [-0.05, 0) is 6.07 Å². The largest absolute Gasteiger partial charge is 0.504 e. The minimum atomic E-state index is -0.565. The minimum Gasteiger partial charge on any atom is -0.504 e. The predicted molar refractivity (Wildman–Crippen MR) is 90.7 cm³/mol. The van der Waals surface area contributed by atoms with E-state index in [1.807, 2.05) is 0 Å². The second-order valence-electron chi connectivity index (χ2n) is 5.34. The highest BCUT2D eigenvalue weighted by molar-refractivity contribution is 6.18. The van der Waals surface area contributed by atoms with Crippen LogP contribution in [0.1, 0.15) is 27.1 Å². The highest BCUT2D eigenvalue weighted by Gasteiger charge is 2.28. The molecule has 0 saturated carbocycles. The molecule has 0 radical (unpaired) electrons. The molecule has 25 heavy (non-hydrogen) atoms. The molecule has 1 heterocycles. The molecule has 6 heteroatoms. The Morgan fingerprint density at radius 3 is 2.32 bits per heavy atom. The Labute approximate surface area is 143 Å². The van der Waals surface area contributed by atoms with Crippen LogP contribution in [0.5, 0.6) is 17.2 Å². The van der Waals surface area contributed by atoms with Crippen LogP contribution in [0, 0.1) is 0 Å². The van der Waals surface area contributed by atoms with Crippen LogP contribution in [0.4, 0.5) is 0 Å².